The second kappa shape index (κ2) is 10.4. The number of ether oxygens (including phenoxy) is 1. The van der Waals surface area contributed by atoms with Gasteiger partial charge in [0.2, 0.25) is 5.91 Å². The van der Waals surface area contributed by atoms with Crippen LogP contribution in [-0.4, -0.2) is 61.6 Å². The van der Waals surface area contributed by atoms with Crippen LogP contribution in [0.2, 0.25) is 0 Å². The maximum absolute atomic E-state index is 13.3. The van der Waals surface area contributed by atoms with Gasteiger partial charge < -0.3 is 15.0 Å². The highest BCUT2D eigenvalue weighted by molar-refractivity contribution is 7.99. The number of nitrogens with zero attached hydrogens (tertiary/aromatic N) is 1. The Bertz CT molecular complexity index is 1160. The summed E-state index contributed by atoms with van der Waals surface area (Å²) in [7, 11) is -3.62. The van der Waals surface area contributed by atoms with Crippen molar-refractivity contribution in [2.24, 2.45) is 0 Å². The summed E-state index contributed by atoms with van der Waals surface area (Å²) in [6.07, 6.45) is 1.78. The Kier molecular flexibility index (Phi) is 7.80. The first-order valence-corrected chi connectivity index (χ1v) is 13.4. The predicted octanol–water partition coefficient (Wildman–Crippen LogP) is 3.12. The largest absolute Gasteiger partial charge is 0.462 e. The van der Waals surface area contributed by atoms with Gasteiger partial charge in [-0.3, -0.25) is 9.59 Å². The summed E-state index contributed by atoms with van der Waals surface area (Å²) in [6.45, 7) is 4.01. The van der Waals surface area contributed by atoms with Gasteiger partial charge in [-0.25, -0.2) is 13.2 Å². The van der Waals surface area contributed by atoms with E-state index in [1.807, 2.05) is 6.92 Å². The van der Waals surface area contributed by atoms with Crippen LogP contribution >= 0.6 is 11.8 Å². The minimum Gasteiger partial charge on any atom is -0.462 e. The number of thioether (sulfide) groups is 1. The van der Waals surface area contributed by atoms with Crippen molar-refractivity contribution in [2.75, 3.05) is 29.8 Å². The molecule has 0 aliphatic carbocycles. The number of nitrogens with one attached hydrogen (secondary N) is 1. The smallest absolute Gasteiger partial charge is 0.338 e. The number of anilines is 1. The molecule has 176 valence electrons. The quantitative estimate of drug-likeness (QED) is 0.594. The van der Waals surface area contributed by atoms with Crippen LogP contribution in [0.25, 0.3) is 0 Å². The van der Waals surface area contributed by atoms with Crippen LogP contribution in [0.4, 0.5) is 5.69 Å². The Hall–Kier alpha value is -2.85. The third-order valence-corrected chi connectivity index (χ3v) is 7.20. The minimum atomic E-state index is -3.62. The van der Waals surface area contributed by atoms with E-state index in [4.69, 9.17) is 4.74 Å². The van der Waals surface area contributed by atoms with E-state index in [0.29, 0.717) is 23.6 Å². The molecular weight excluding hydrogens is 464 g/mol. The Labute approximate surface area is 197 Å². The number of rotatable bonds is 7. The standard InChI is InChI=1S/C23H26N2O6S2/c1-4-11-31-23(28)16-6-8-17(9-7-16)24-21(26)19-13-32-14-25(19)22(27)18-12-15(2)5-10-20(18)33(3,29)30/h5-10,12,19H,4,11,13-14H2,1-3H3,(H,24,26). The van der Waals surface area contributed by atoms with Gasteiger partial charge in [-0.2, -0.15) is 0 Å². The van der Waals surface area contributed by atoms with Crippen molar-refractivity contribution in [3.8, 4) is 0 Å². The van der Waals surface area contributed by atoms with Gasteiger partial charge >= 0.3 is 5.97 Å². The molecule has 0 spiro atoms. The molecule has 1 unspecified atom stereocenters. The van der Waals surface area contributed by atoms with E-state index in [0.717, 1.165) is 18.2 Å². The van der Waals surface area contributed by atoms with Crippen molar-refractivity contribution in [3.63, 3.8) is 0 Å². The summed E-state index contributed by atoms with van der Waals surface area (Å²) in [6, 6.07) is 10.1. The van der Waals surface area contributed by atoms with Gasteiger partial charge in [0.25, 0.3) is 5.91 Å². The fourth-order valence-electron chi connectivity index (χ4n) is 3.34. The number of sulfone groups is 1. The lowest BCUT2D eigenvalue weighted by atomic mass is 10.1. The van der Waals surface area contributed by atoms with Crippen molar-refractivity contribution in [3.05, 3.63) is 59.2 Å². The molecule has 1 aliphatic rings. The first-order valence-electron chi connectivity index (χ1n) is 10.4. The van der Waals surface area contributed by atoms with Gasteiger partial charge in [0, 0.05) is 17.7 Å². The number of hydrogen-bond donors (Lipinski definition) is 1. The third kappa shape index (κ3) is 5.94. The zero-order valence-corrected chi connectivity index (χ0v) is 20.3. The van der Waals surface area contributed by atoms with E-state index in [9.17, 15) is 22.8 Å². The highest BCUT2D eigenvalue weighted by atomic mass is 32.2. The van der Waals surface area contributed by atoms with Crippen molar-refractivity contribution in [1.82, 2.24) is 4.90 Å². The van der Waals surface area contributed by atoms with Crippen LogP contribution in [0.3, 0.4) is 0 Å². The van der Waals surface area contributed by atoms with Crippen LogP contribution < -0.4 is 5.32 Å². The number of carbonyl (C=O) groups is 3. The number of aryl methyl sites for hydroxylation is 1. The normalized spacial score (nSPS) is 15.8. The summed E-state index contributed by atoms with van der Waals surface area (Å²) in [4.78, 5) is 39.5. The predicted molar refractivity (Wildman–Crippen MR) is 127 cm³/mol. The number of hydrogen-bond acceptors (Lipinski definition) is 7. The Morgan fingerprint density at radius 3 is 2.48 bits per heavy atom. The van der Waals surface area contributed by atoms with Crippen molar-refractivity contribution in [2.45, 2.75) is 31.2 Å². The number of carbonyl (C=O) groups excluding carboxylic acids is 3. The molecule has 0 bridgehead atoms. The molecule has 2 aromatic carbocycles. The van der Waals surface area contributed by atoms with Gasteiger partial charge in [0.15, 0.2) is 9.84 Å². The molecule has 10 heteroatoms. The zero-order chi connectivity index (χ0) is 24.2. The van der Waals surface area contributed by atoms with Crippen molar-refractivity contribution >= 4 is 45.1 Å². The Balaban J connectivity index is 1.76. The molecule has 2 aromatic rings. The molecule has 0 radical (unpaired) electrons. The molecule has 1 saturated heterocycles. The number of benzene rings is 2. The first-order chi connectivity index (χ1) is 15.6. The summed E-state index contributed by atoms with van der Waals surface area (Å²) in [5.41, 5.74) is 1.66. The second-order valence-electron chi connectivity index (χ2n) is 7.76. The molecular formula is C23H26N2O6S2. The van der Waals surface area contributed by atoms with Crippen LogP contribution in [-0.2, 0) is 19.4 Å². The van der Waals surface area contributed by atoms with Crippen LogP contribution in [0.5, 0.6) is 0 Å². The molecule has 2 amide bonds. The molecule has 1 N–H and O–H groups in total. The summed E-state index contributed by atoms with van der Waals surface area (Å²) in [5, 5.41) is 2.77. The molecule has 1 heterocycles. The molecule has 3 rings (SSSR count). The SMILES string of the molecule is CCCOC(=O)c1ccc(NC(=O)C2CSCN2C(=O)c2cc(C)ccc2S(C)(=O)=O)cc1. The molecule has 33 heavy (non-hydrogen) atoms. The van der Waals surface area contributed by atoms with Crippen LogP contribution in [0.15, 0.2) is 47.4 Å². The molecule has 0 saturated carbocycles. The van der Waals surface area contributed by atoms with E-state index in [2.05, 4.69) is 5.32 Å². The summed E-state index contributed by atoms with van der Waals surface area (Å²) in [5.74, 6) is -0.657. The van der Waals surface area contributed by atoms with Gasteiger partial charge in [-0.15, -0.1) is 11.8 Å². The monoisotopic (exact) mass is 490 g/mol. The maximum Gasteiger partial charge on any atom is 0.338 e. The average Bonchev–Trinajstić information content (AvgIpc) is 3.26. The van der Waals surface area contributed by atoms with E-state index < -0.39 is 27.8 Å². The Morgan fingerprint density at radius 2 is 1.85 bits per heavy atom. The van der Waals surface area contributed by atoms with Crippen LogP contribution in [0, 0.1) is 6.92 Å². The maximum atomic E-state index is 13.3. The fraction of sp³-hybridized carbons (Fsp3) is 0.348. The Morgan fingerprint density at radius 1 is 1.15 bits per heavy atom. The van der Waals surface area contributed by atoms with Crippen molar-refractivity contribution < 1.29 is 27.5 Å². The second-order valence-corrected chi connectivity index (χ2v) is 10.7. The molecule has 1 atom stereocenters. The van der Waals surface area contributed by atoms with E-state index in [1.54, 1.807) is 37.3 Å². The third-order valence-electron chi connectivity index (χ3n) is 5.04. The lowest BCUT2D eigenvalue weighted by molar-refractivity contribution is -0.119. The molecule has 1 aliphatic heterocycles. The fourth-order valence-corrected chi connectivity index (χ4v) is 5.36. The zero-order valence-electron chi connectivity index (χ0n) is 18.7. The van der Waals surface area contributed by atoms with Crippen molar-refractivity contribution in [1.29, 1.82) is 0 Å². The molecule has 1 fully saturated rings. The first kappa shape index (κ1) is 24.8. The highest BCUT2D eigenvalue weighted by Gasteiger charge is 2.36. The lowest BCUT2D eigenvalue weighted by Gasteiger charge is -2.24. The number of esters is 1. The minimum absolute atomic E-state index is 0.0558. The van der Waals surface area contributed by atoms with Gasteiger partial charge in [0.1, 0.15) is 6.04 Å². The number of amides is 2. The van der Waals surface area contributed by atoms with Gasteiger partial charge in [0.05, 0.1) is 28.5 Å². The average molecular weight is 491 g/mol. The lowest BCUT2D eigenvalue weighted by Crippen LogP contribution is -2.44. The summed E-state index contributed by atoms with van der Waals surface area (Å²) < 4.78 is 29.5. The van der Waals surface area contributed by atoms with E-state index in [-0.39, 0.29) is 22.2 Å². The topological polar surface area (TPSA) is 110 Å². The van der Waals surface area contributed by atoms with Gasteiger partial charge in [-0.1, -0.05) is 18.6 Å². The van der Waals surface area contributed by atoms with Crippen LogP contribution in [0.1, 0.15) is 39.6 Å². The summed E-state index contributed by atoms with van der Waals surface area (Å²) >= 11 is 1.42. The van der Waals surface area contributed by atoms with Gasteiger partial charge in [-0.05, 0) is 49.7 Å². The van der Waals surface area contributed by atoms with E-state index in [1.165, 1.54) is 28.8 Å². The highest BCUT2D eigenvalue weighted by Crippen LogP contribution is 2.27. The van der Waals surface area contributed by atoms with E-state index >= 15 is 0 Å². The molecule has 0 aromatic heterocycles. The molecule has 8 nitrogen and oxygen atoms in total.